The van der Waals surface area contributed by atoms with Gasteiger partial charge in [-0.3, -0.25) is 9.80 Å². The fourth-order valence-corrected chi connectivity index (χ4v) is 4.55. The first-order valence-electron chi connectivity index (χ1n) is 5.84. The van der Waals surface area contributed by atoms with Crippen molar-refractivity contribution in [1.82, 2.24) is 10.0 Å². The van der Waals surface area contributed by atoms with Gasteiger partial charge in [0.05, 0.1) is 16.8 Å². The fraction of sp³-hybridized carbons (Fsp3) is 0.900. The Bertz CT molecular complexity index is 376. The van der Waals surface area contributed by atoms with Crippen LogP contribution < -0.4 is 0 Å². The van der Waals surface area contributed by atoms with E-state index in [1.807, 2.05) is 5.01 Å². The summed E-state index contributed by atoms with van der Waals surface area (Å²) in [6, 6.07) is 0. The van der Waals surface area contributed by atoms with Crippen LogP contribution in [-0.4, -0.2) is 67.0 Å². The zero-order valence-corrected chi connectivity index (χ0v) is 11.6. The molecule has 0 aromatic rings. The fourth-order valence-electron chi connectivity index (χ4n) is 2.12. The summed E-state index contributed by atoms with van der Waals surface area (Å²) in [5, 5.41) is 3.54. The van der Waals surface area contributed by atoms with Gasteiger partial charge in [-0.15, -0.1) is 11.8 Å². The zero-order valence-electron chi connectivity index (χ0n) is 9.96. The molecule has 0 aromatic heterocycles. The van der Waals surface area contributed by atoms with Gasteiger partial charge in [-0.2, -0.15) is 0 Å². The molecule has 17 heavy (non-hydrogen) atoms. The number of carbonyl (C=O) groups excluding carboxylic acids is 1. The van der Waals surface area contributed by atoms with Crippen molar-refractivity contribution in [3.05, 3.63) is 0 Å². The number of hydrogen-bond acceptors (Lipinski definition) is 5. The van der Waals surface area contributed by atoms with Crippen LogP contribution in [0.4, 0.5) is 0 Å². The molecule has 7 heteroatoms. The van der Waals surface area contributed by atoms with Crippen LogP contribution >= 0.6 is 11.8 Å². The minimum Gasteiger partial charge on any atom is -0.277 e. The van der Waals surface area contributed by atoms with E-state index in [9.17, 15) is 13.2 Å². The average Bonchev–Trinajstić information content (AvgIpc) is 2.80. The SMILES string of the molecule is CN(C(=O)C1CCCS1)N1CCS(=O)(=O)CC1. The largest absolute Gasteiger partial charge is 0.277 e. The van der Waals surface area contributed by atoms with Crippen LogP contribution in [0.2, 0.25) is 0 Å². The lowest BCUT2D eigenvalue weighted by Crippen LogP contribution is -2.52. The van der Waals surface area contributed by atoms with Crippen molar-refractivity contribution in [3.8, 4) is 0 Å². The van der Waals surface area contributed by atoms with Gasteiger partial charge in [-0.1, -0.05) is 0 Å². The molecule has 0 saturated carbocycles. The van der Waals surface area contributed by atoms with Gasteiger partial charge in [0.1, 0.15) is 0 Å². The molecule has 2 aliphatic heterocycles. The molecule has 1 unspecified atom stereocenters. The van der Waals surface area contributed by atoms with Crippen molar-refractivity contribution in [2.24, 2.45) is 0 Å². The van der Waals surface area contributed by atoms with Gasteiger partial charge in [0.2, 0.25) is 5.91 Å². The Hall–Kier alpha value is -0.270. The predicted octanol–water partition coefficient (Wildman–Crippen LogP) is -0.0142. The van der Waals surface area contributed by atoms with Crippen LogP contribution in [0.1, 0.15) is 12.8 Å². The number of hydrazine groups is 1. The van der Waals surface area contributed by atoms with E-state index in [1.165, 1.54) is 0 Å². The molecule has 0 bridgehead atoms. The van der Waals surface area contributed by atoms with E-state index in [0.29, 0.717) is 13.1 Å². The van der Waals surface area contributed by atoms with E-state index in [2.05, 4.69) is 0 Å². The summed E-state index contributed by atoms with van der Waals surface area (Å²) in [4.78, 5) is 12.1. The molecule has 0 aromatic carbocycles. The molecule has 1 atom stereocenters. The highest BCUT2D eigenvalue weighted by molar-refractivity contribution is 8.00. The highest BCUT2D eigenvalue weighted by atomic mass is 32.2. The lowest BCUT2D eigenvalue weighted by molar-refractivity contribution is -0.144. The normalized spacial score (nSPS) is 29.1. The van der Waals surface area contributed by atoms with Gasteiger partial charge in [-0.25, -0.2) is 13.4 Å². The summed E-state index contributed by atoms with van der Waals surface area (Å²) in [5.41, 5.74) is 0. The molecular formula is C10H18N2O3S2. The number of nitrogens with zero attached hydrogens (tertiary/aromatic N) is 2. The Morgan fingerprint density at radius 2 is 2.00 bits per heavy atom. The lowest BCUT2D eigenvalue weighted by atomic mass is 10.2. The first-order chi connectivity index (χ1) is 7.99. The zero-order chi connectivity index (χ0) is 12.5. The molecule has 5 nitrogen and oxygen atoms in total. The van der Waals surface area contributed by atoms with Gasteiger partial charge < -0.3 is 0 Å². The summed E-state index contributed by atoms with van der Waals surface area (Å²) in [6.07, 6.45) is 2.04. The average molecular weight is 278 g/mol. The molecule has 0 N–H and O–H groups in total. The standard InChI is InChI=1S/C10H18N2O3S2/c1-11(10(13)9-3-2-6-16-9)12-4-7-17(14,15)8-5-12/h9H,2-8H2,1H3. The molecule has 2 aliphatic rings. The Morgan fingerprint density at radius 3 is 2.53 bits per heavy atom. The molecule has 0 spiro atoms. The number of hydrogen-bond donors (Lipinski definition) is 0. The molecule has 2 heterocycles. The molecule has 2 fully saturated rings. The predicted molar refractivity (Wildman–Crippen MR) is 68.5 cm³/mol. The smallest absolute Gasteiger partial charge is 0.249 e. The van der Waals surface area contributed by atoms with E-state index in [0.717, 1.165) is 18.6 Å². The Balaban J connectivity index is 1.91. The van der Waals surface area contributed by atoms with E-state index in [1.54, 1.807) is 23.8 Å². The third kappa shape index (κ3) is 3.14. The van der Waals surface area contributed by atoms with Crippen molar-refractivity contribution in [1.29, 1.82) is 0 Å². The number of amides is 1. The highest BCUT2D eigenvalue weighted by Crippen LogP contribution is 2.27. The van der Waals surface area contributed by atoms with Crippen LogP contribution in [-0.2, 0) is 14.6 Å². The molecule has 2 saturated heterocycles. The van der Waals surface area contributed by atoms with Crippen molar-refractivity contribution in [3.63, 3.8) is 0 Å². The third-order valence-electron chi connectivity index (χ3n) is 3.27. The van der Waals surface area contributed by atoms with E-state index in [-0.39, 0.29) is 22.7 Å². The van der Waals surface area contributed by atoms with Gasteiger partial charge >= 0.3 is 0 Å². The van der Waals surface area contributed by atoms with Crippen molar-refractivity contribution in [2.45, 2.75) is 18.1 Å². The van der Waals surface area contributed by atoms with E-state index < -0.39 is 9.84 Å². The van der Waals surface area contributed by atoms with Crippen molar-refractivity contribution in [2.75, 3.05) is 37.4 Å². The molecule has 2 rings (SSSR count). The quantitative estimate of drug-likeness (QED) is 0.711. The second-order valence-corrected chi connectivity index (χ2v) is 8.08. The van der Waals surface area contributed by atoms with Gasteiger partial charge in [0.15, 0.2) is 9.84 Å². The lowest BCUT2D eigenvalue weighted by Gasteiger charge is -2.35. The highest BCUT2D eigenvalue weighted by Gasteiger charge is 2.31. The van der Waals surface area contributed by atoms with Crippen molar-refractivity contribution < 1.29 is 13.2 Å². The van der Waals surface area contributed by atoms with Crippen LogP contribution in [0.25, 0.3) is 0 Å². The summed E-state index contributed by atoms with van der Waals surface area (Å²) in [6.45, 7) is 0.865. The van der Waals surface area contributed by atoms with Crippen LogP contribution in [0.5, 0.6) is 0 Å². The summed E-state index contributed by atoms with van der Waals surface area (Å²) in [7, 11) is -1.13. The summed E-state index contributed by atoms with van der Waals surface area (Å²) in [5.74, 6) is 1.48. The molecular weight excluding hydrogens is 260 g/mol. The molecule has 1 amide bonds. The molecule has 98 valence electrons. The Labute approximate surface area is 106 Å². The van der Waals surface area contributed by atoms with E-state index in [4.69, 9.17) is 0 Å². The van der Waals surface area contributed by atoms with Crippen LogP contribution in [0, 0.1) is 0 Å². The second kappa shape index (κ2) is 5.16. The van der Waals surface area contributed by atoms with Crippen molar-refractivity contribution >= 4 is 27.5 Å². The first-order valence-corrected chi connectivity index (χ1v) is 8.71. The summed E-state index contributed by atoms with van der Waals surface area (Å²) >= 11 is 1.71. The maximum atomic E-state index is 12.1. The minimum absolute atomic E-state index is 0.0681. The first kappa shape index (κ1) is 13.2. The number of rotatable bonds is 2. The molecule has 0 aliphatic carbocycles. The number of carbonyl (C=O) groups is 1. The second-order valence-electron chi connectivity index (χ2n) is 4.47. The third-order valence-corrected chi connectivity index (χ3v) is 6.24. The minimum atomic E-state index is -2.88. The Kier molecular flexibility index (Phi) is 3.99. The van der Waals surface area contributed by atoms with Crippen LogP contribution in [0.3, 0.4) is 0 Å². The Morgan fingerprint density at radius 1 is 1.35 bits per heavy atom. The summed E-state index contributed by atoms with van der Waals surface area (Å²) < 4.78 is 22.6. The van der Waals surface area contributed by atoms with Gasteiger partial charge in [-0.05, 0) is 18.6 Å². The topological polar surface area (TPSA) is 57.7 Å². The number of sulfone groups is 1. The van der Waals surface area contributed by atoms with E-state index >= 15 is 0 Å². The van der Waals surface area contributed by atoms with Gasteiger partial charge in [0.25, 0.3) is 0 Å². The number of thioether (sulfide) groups is 1. The van der Waals surface area contributed by atoms with Gasteiger partial charge in [0, 0.05) is 20.1 Å². The maximum Gasteiger partial charge on any atom is 0.249 e. The molecule has 0 radical (unpaired) electrons. The maximum absolute atomic E-state index is 12.1. The van der Waals surface area contributed by atoms with Crippen LogP contribution in [0.15, 0.2) is 0 Å². The monoisotopic (exact) mass is 278 g/mol.